The topological polar surface area (TPSA) is 44.6 Å². The summed E-state index contributed by atoms with van der Waals surface area (Å²) in [7, 11) is 0. The molecule has 0 fully saturated rings. The van der Waals surface area contributed by atoms with E-state index in [9.17, 15) is 5.11 Å². The van der Waals surface area contributed by atoms with Crippen LogP contribution in [0.5, 0.6) is 5.75 Å². The van der Waals surface area contributed by atoms with Crippen LogP contribution in [0.2, 0.25) is 0 Å². The predicted molar refractivity (Wildman–Crippen MR) is 66.3 cm³/mol. The number of rotatable bonds is 2. The molecule has 0 heterocycles. The third-order valence-electron chi connectivity index (χ3n) is 1.59. The lowest BCUT2D eigenvalue weighted by atomic mass is 10.1. The first-order valence-electron chi connectivity index (χ1n) is 4.67. The van der Waals surface area contributed by atoms with Crippen LogP contribution in [-0.2, 0) is 0 Å². The standard InChI is InChI=1S/C11H15BrN2O/c1-11(2,3)14-13-7-8-6-9(12)4-5-10(8)15/h4-7,14-15H,1-3H3/b13-7+. The molecule has 0 aromatic heterocycles. The van der Waals surface area contributed by atoms with Crippen molar-refractivity contribution in [2.24, 2.45) is 5.10 Å². The number of nitrogens with zero attached hydrogens (tertiary/aromatic N) is 1. The second-order valence-corrected chi connectivity index (χ2v) is 5.24. The summed E-state index contributed by atoms with van der Waals surface area (Å²) in [5.41, 5.74) is 3.57. The molecule has 0 radical (unpaired) electrons. The summed E-state index contributed by atoms with van der Waals surface area (Å²) >= 11 is 3.33. The van der Waals surface area contributed by atoms with E-state index >= 15 is 0 Å². The van der Waals surface area contributed by atoms with Gasteiger partial charge in [-0.05, 0) is 39.0 Å². The number of phenols is 1. The highest BCUT2D eigenvalue weighted by atomic mass is 79.9. The van der Waals surface area contributed by atoms with Crippen LogP contribution in [0.3, 0.4) is 0 Å². The number of aromatic hydroxyl groups is 1. The quantitative estimate of drug-likeness (QED) is 0.641. The minimum absolute atomic E-state index is 0.0713. The van der Waals surface area contributed by atoms with E-state index in [1.54, 1.807) is 18.3 Å². The number of benzene rings is 1. The van der Waals surface area contributed by atoms with E-state index in [2.05, 4.69) is 26.5 Å². The molecule has 1 aromatic rings. The van der Waals surface area contributed by atoms with E-state index in [1.807, 2.05) is 26.8 Å². The van der Waals surface area contributed by atoms with Gasteiger partial charge >= 0.3 is 0 Å². The summed E-state index contributed by atoms with van der Waals surface area (Å²) in [6, 6.07) is 5.22. The lowest BCUT2D eigenvalue weighted by Crippen LogP contribution is -2.31. The Morgan fingerprint density at radius 3 is 2.67 bits per heavy atom. The Labute approximate surface area is 98.3 Å². The monoisotopic (exact) mass is 270 g/mol. The van der Waals surface area contributed by atoms with Crippen molar-refractivity contribution in [3.05, 3.63) is 28.2 Å². The molecule has 0 saturated heterocycles. The van der Waals surface area contributed by atoms with E-state index < -0.39 is 0 Å². The first kappa shape index (κ1) is 12.0. The summed E-state index contributed by atoms with van der Waals surface area (Å²) in [4.78, 5) is 0. The molecule has 1 rings (SSSR count). The number of hydrogen-bond donors (Lipinski definition) is 2. The molecule has 3 nitrogen and oxygen atoms in total. The largest absolute Gasteiger partial charge is 0.507 e. The molecule has 0 amide bonds. The van der Waals surface area contributed by atoms with Crippen LogP contribution in [0.1, 0.15) is 26.3 Å². The maximum absolute atomic E-state index is 9.52. The van der Waals surface area contributed by atoms with Gasteiger partial charge < -0.3 is 10.5 Å². The Morgan fingerprint density at radius 2 is 2.07 bits per heavy atom. The second kappa shape index (κ2) is 4.66. The van der Waals surface area contributed by atoms with Crippen LogP contribution in [0.4, 0.5) is 0 Å². The van der Waals surface area contributed by atoms with Gasteiger partial charge in [0.15, 0.2) is 0 Å². The lowest BCUT2D eigenvalue weighted by molar-refractivity contribution is 0.441. The predicted octanol–water partition coefficient (Wildman–Crippen LogP) is 2.88. The van der Waals surface area contributed by atoms with Crippen molar-refractivity contribution in [1.82, 2.24) is 5.43 Å². The van der Waals surface area contributed by atoms with Gasteiger partial charge in [0, 0.05) is 15.6 Å². The summed E-state index contributed by atoms with van der Waals surface area (Å²) in [5, 5.41) is 13.6. The minimum atomic E-state index is -0.0713. The number of phenolic OH excluding ortho intramolecular Hbond substituents is 1. The average Bonchev–Trinajstić information content (AvgIpc) is 2.09. The maximum atomic E-state index is 9.52. The summed E-state index contributed by atoms with van der Waals surface area (Å²) in [5.74, 6) is 0.220. The van der Waals surface area contributed by atoms with Crippen LogP contribution in [-0.4, -0.2) is 16.9 Å². The van der Waals surface area contributed by atoms with Crippen molar-refractivity contribution in [3.8, 4) is 5.75 Å². The van der Waals surface area contributed by atoms with E-state index in [0.29, 0.717) is 5.56 Å². The van der Waals surface area contributed by atoms with Gasteiger partial charge in [-0.25, -0.2) is 0 Å². The Morgan fingerprint density at radius 1 is 1.40 bits per heavy atom. The molecule has 82 valence electrons. The second-order valence-electron chi connectivity index (χ2n) is 4.32. The van der Waals surface area contributed by atoms with Crippen LogP contribution in [0.15, 0.2) is 27.8 Å². The van der Waals surface area contributed by atoms with E-state index in [1.165, 1.54) is 0 Å². The van der Waals surface area contributed by atoms with Crippen molar-refractivity contribution in [2.75, 3.05) is 0 Å². The Kier molecular flexibility index (Phi) is 3.74. The number of nitrogens with one attached hydrogen (secondary N) is 1. The Balaban J connectivity index is 2.76. The SMILES string of the molecule is CC(C)(C)N/N=C/c1cc(Br)ccc1O. The molecule has 4 heteroatoms. The first-order chi connectivity index (χ1) is 6.88. The molecule has 0 spiro atoms. The highest BCUT2D eigenvalue weighted by Gasteiger charge is 2.06. The van der Waals surface area contributed by atoms with Gasteiger partial charge in [-0.15, -0.1) is 0 Å². The molecule has 0 bridgehead atoms. The fraction of sp³-hybridized carbons (Fsp3) is 0.364. The zero-order chi connectivity index (χ0) is 11.5. The van der Waals surface area contributed by atoms with Crippen LogP contribution >= 0.6 is 15.9 Å². The number of hydrogen-bond acceptors (Lipinski definition) is 3. The Bertz CT molecular complexity index is 369. The van der Waals surface area contributed by atoms with Gasteiger partial charge in [0.25, 0.3) is 0 Å². The highest BCUT2D eigenvalue weighted by Crippen LogP contribution is 2.19. The van der Waals surface area contributed by atoms with Gasteiger partial charge in [-0.2, -0.15) is 5.10 Å². The average molecular weight is 271 g/mol. The molecule has 2 N–H and O–H groups in total. The summed E-state index contributed by atoms with van der Waals surface area (Å²) in [6.45, 7) is 6.06. The van der Waals surface area contributed by atoms with E-state index in [0.717, 1.165) is 4.47 Å². The third kappa shape index (κ3) is 4.34. The van der Waals surface area contributed by atoms with Crippen molar-refractivity contribution in [3.63, 3.8) is 0 Å². The molecule has 0 aliphatic heterocycles. The highest BCUT2D eigenvalue weighted by molar-refractivity contribution is 9.10. The first-order valence-corrected chi connectivity index (χ1v) is 5.46. The van der Waals surface area contributed by atoms with Gasteiger partial charge in [0.05, 0.1) is 6.21 Å². The van der Waals surface area contributed by atoms with Crippen LogP contribution in [0.25, 0.3) is 0 Å². The van der Waals surface area contributed by atoms with Crippen molar-refractivity contribution in [1.29, 1.82) is 0 Å². The van der Waals surface area contributed by atoms with Gasteiger partial charge in [-0.3, -0.25) is 0 Å². The zero-order valence-corrected chi connectivity index (χ0v) is 10.7. The van der Waals surface area contributed by atoms with Crippen LogP contribution < -0.4 is 5.43 Å². The van der Waals surface area contributed by atoms with Gasteiger partial charge in [0.1, 0.15) is 5.75 Å². The summed E-state index contributed by atoms with van der Waals surface area (Å²) < 4.78 is 0.914. The molecular weight excluding hydrogens is 256 g/mol. The fourth-order valence-corrected chi connectivity index (χ4v) is 1.30. The lowest BCUT2D eigenvalue weighted by Gasteiger charge is -2.17. The Hall–Kier alpha value is -1.03. The van der Waals surface area contributed by atoms with Gasteiger partial charge in [-0.1, -0.05) is 15.9 Å². The summed E-state index contributed by atoms with van der Waals surface area (Å²) in [6.07, 6.45) is 1.60. The zero-order valence-electron chi connectivity index (χ0n) is 9.08. The number of hydrazone groups is 1. The normalized spacial score (nSPS) is 12.0. The van der Waals surface area contributed by atoms with Crippen molar-refractivity contribution < 1.29 is 5.11 Å². The van der Waals surface area contributed by atoms with E-state index in [4.69, 9.17) is 0 Å². The molecule has 0 aliphatic rings. The van der Waals surface area contributed by atoms with E-state index in [-0.39, 0.29) is 11.3 Å². The molecule has 0 saturated carbocycles. The van der Waals surface area contributed by atoms with Crippen LogP contribution in [0, 0.1) is 0 Å². The smallest absolute Gasteiger partial charge is 0.124 e. The van der Waals surface area contributed by atoms with Gasteiger partial charge in [0.2, 0.25) is 0 Å². The molecule has 0 unspecified atom stereocenters. The third-order valence-corrected chi connectivity index (χ3v) is 2.09. The minimum Gasteiger partial charge on any atom is -0.507 e. The molecule has 0 aliphatic carbocycles. The van der Waals surface area contributed by atoms with Crippen molar-refractivity contribution >= 4 is 22.1 Å². The maximum Gasteiger partial charge on any atom is 0.124 e. The molecular formula is C11H15BrN2O. The van der Waals surface area contributed by atoms with Crippen molar-refractivity contribution in [2.45, 2.75) is 26.3 Å². The number of halogens is 1. The fourth-order valence-electron chi connectivity index (χ4n) is 0.924. The molecule has 1 aromatic carbocycles. The molecule has 15 heavy (non-hydrogen) atoms. The molecule has 0 atom stereocenters.